The minimum absolute atomic E-state index is 0.171. The second-order valence-corrected chi connectivity index (χ2v) is 6.25. The first-order valence-electron chi connectivity index (χ1n) is 5.84. The summed E-state index contributed by atoms with van der Waals surface area (Å²) in [5, 5.41) is 9.69. The van der Waals surface area contributed by atoms with Crippen LogP contribution in [0.1, 0.15) is 24.8 Å². The van der Waals surface area contributed by atoms with E-state index in [1.165, 1.54) is 12.8 Å². The lowest BCUT2D eigenvalue weighted by atomic mass is 10.4. The summed E-state index contributed by atoms with van der Waals surface area (Å²) in [4.78, 5) is 0. The Hall–Kier alpha value is -0.920. The number of sulfonamides is 1. The van der Waals surface area contributed by atoms with Gasteiger partial charge < -0.3 is 5.32 Å². The summed E-state index contributed by atoms with van der Waals surface area (Å²) in [6, 6.07) is 0.636. The molecule has 1 aliphatic rings. The molecule has 1 aliphatic carbocycles. The molecule has 17 heavy (non-hydrogen) atoms. The lowest BCUT2D eigenvalue weighted by Crippen LogP contribution is -2.28. The van der Waals surface area contributed by atoms with E-state index in [1.807, 2.05) is 0 Å². The minimum atomic E-state index is -3.17. The SMILES string of the molecule is O=S(=O)(CCCNC1CC1)NCc1cn[nH]c1. The van der Waals surface area contributed by atoms with Gasteiger partial charge in [-0.15, -0.1) is 0 Å². The maximum atomic E-state index is 11.6. The second-order valence-electron chi connectivity index (χ2n) is 4.33. The van der Waals surface area contributed by atoms with E-state index in [0.29, 0.717) is 19.0 Å². The monoisotopic (exact) mass is 258 g/mol. The first-order valence-corrected chi connectivity index (χ1v) is 7.49. The summed E-state index contributed by atoms with van der Waals surface area (Å²) >= 11 is 0. The molecule has 2 rings (SSSR count). The average Bonchev–Trinajstić information content (AvgIpc) is 2.96. The molecule has 1 heterocycles. The zero-order valence-corrected chi connectivity index (χ0v) is 10.5. The molecule has 0 bridgehead atoms. The fourth-order valence-corrected chi connectivity index (χ4v) is 2.55. The molecule has 1 fully saturated rings. The number of hydrogen-bond acceptors (Lipinski definition) is 4. The van der Waals surface area contributed by atoms with Gasteiger partial charge in [-0.1, -0.05) is 0 Å². The van der Waals surface area contributed by atoms with Crippen LogP contribution in [0, 0.1) is 0 Å². The Morgan fingerprint density at radius 3 is 2.94 bits per heavy atom. The number of aromatic amines is 1. The maximum absolute atomic E-state index is 11.6. The predicted molar refractivity (Wildman–Crippen MR) is 64.9 cm³/mol. The maximum Gasteiger partial charge on any atom is 0.211 e. The molecule has 1 saturated carbocycles. The summed E-state index contributed by atoms with van der Waals surface area (Å²) in [5.41, 5.74) is 0.838. The highest BCUT2D eigenvalue weighted by Gasteiger charge is 2.20. The highest BCUT2D eigenvalue weighted by molar-refractivity contribution is 7.89. The van der Waals surface area contributed by atoms with Gasteiger partial charge in [-0.3, -0.25) is 5.10 Å². The molecule has 1 aromatic heterocycles. The van der Waals surface area contributed by atoms with Crippen molar-refractivity contribution in [2.24, 2.45) is 0 Å². The van der Waals surface area contributed by atoms with Crippen LogP contribution in [0.3, 0.4) is 0 Å². The van der Waals surface area contributed by atoms with E-state index in [4.69, 9.17) is 0 Å². The molecule has 6 nitrogen and oxygen atoms in total. The lowest BCUT2D eigenvalue weighted by molar-refractivity contribution is 0.574. The van der Waals surface area contributed by atoms with Crippen molar-refractivity contribution in [1.29, 1.82) is 0 Å². The summed E-state index contributed by atoms with van der Waals surface area (Å²) < 4.78 is 25.8. The van der Waals surface area contributed by atoms with Gasteiger partial charge >= 0.3 is 0 Å². The van der Waals surface area contributed by atoms with Crippen molar-refractivity contribution in [2.45, 2.75) is 31.8 Å². The molecule has 1 aromatic rings. The van der Waals surface area contributed by atoms with Crippen molar-refractivity contribution in [3.8, 4) is 0 Å². The van der Waals surface area contributed by atoms with Crippen LogP contribution >= 0.6 is 0 Å². The van der Waals surface area contributed by atoms with Gasteiger partial charge in [0.2, 0.25) is 10.0 Å². The van der Waals surface area contributed by atoms with Gasteiger partial charge in [0.05, 0.1) is 11.9 Å². The topological polar surface area (TPSA) is 86.9 Å². The fraction of sp³-hybridized carbons (Fsp3) is 0.700. The molecule has 0 radical (unpaired) electrons. The van der Waals surface area contributed by atoms with Gasteiger partial charge in [0, 0.05) is 24.3 Å². The van der Waals surface area contributed by atoms with E-state index in [0.717, 1.165) is 12.1 Å². The molecule has 0 unspecified atom stereocenters. The number of rotatable bonds is 8. The third-order valence-corrected chi connectivity index (χ3v) is 4.06. The highest BCUT2D eigenvalue weighted by Crippen LogP contribution is 2.18. The Balaban J connectivity index is 1.63. The highest BCUT2D eigenvalue weighted by atomic mass is 32.2. The molecule has 0 spiro atoms. The molecule has 0 aliphatic heterocycles. The smallest absolute Gasteiger partial charge is 0.211 e. The molecule has 0 atom stereocenters. The number of nitrogens with zero attached hydrogens (tertiary/aromatic N) is 1. The van der Waals surface area contributed by atoms with Crippen LogP contribution in [0.4, 0.5) is 0 Å². The van der Waals surface area contributed by atoms with Crippen molar-refractivity contribution in [2.75, 3.05) is 12.3 Å². The Kier molecular flexibility index (Phi) is 4.14. The molecule has 0 amide bonds. The lowest BCUT2D eigenvalue weighted by Gasteiger charge is -2.06. The van der Waals surface area contributed by atoms with Crippen LogP contribution in [0.25, 0.3) is 0 Å². The van der Waals surface area contributed by atoms with Crippen LogP contribution in [0.2, 0.25) is 0 Å². The van der Waals surface area contributed by atoms with Gasteiger partial charge in [0.25, 0.3) is 0 Å². The van der Waals surface area contributed by atoms with Crippen LogP contribution < -0.4 is 10.0 Å². The minimum Gasteiger partial charge on any atom is -0.314 e. The van der Waals surface area contributed by atoms with Crippen molar-refractivity contribution in [3.63, 3.8) is 0 Å². The first-order chi connectivity index (χ1) is 8.16. The van der Waals surface area contributed by atoms with Crippen LogP contribution in [0.15, 0.2) is 12.4 Å². The van der Waals surface area contributed by atoms with E-state index in [2.05, 4.69) is 20.2 Å². The van der Waals surface area contributed by atoms with E-state index in [1.54, 1.807) is 12.4 Å². The second kappa shape index (κ2) is 5.61. The third-order valence-electron chi connectivity index (χ3n) is 2.65. The van der Waals surface area contributed by atoms with E-state index in [9.17, 15) is 8.42 Å². The van der Waals surface area contributed by atoms with Gasteiger partial charge in [0.1, 0.15) is 0 Å². The summed E-state index contributed by atoms with van der Waals surface area (Å²) in [6.45, 7) is 1.08. The van der Waals surface area contributed by atoms with Crippen LogP contribution in [-0.4, -0.2) is 37.0 Å². The van der Waals surface area contributed by atoms with Crippen molar-refractivity contribution >= 4 is 10.0 Å². The van der Waals surface area contributed by atoms with Gasteiger partial charge in [0.15, 0.2) is 0 Å². The summed E-state index contributed by atoms with van der Waals surface area (Å²) in [5.74, 6) is 0.171. The standard InChI is InChI=1S/C10H18N4O2S/c15-17(16,5-1-4-11-10-2-3-10)14-8-9-6-12-13-7-9/h6-7,10-11,14H,1-5,8H2,(H,12,13). The van der Waals surface area contributed by atoms with Crippen molar-refractivity contribution in [1.82, 2.24) is 20.2 Å². The van der Waals surface area contributed by atoms with Crippen LogP contribution in [-0.2, 0) is 16.6 Å². The molecular weight excluding hydrogens is 240 g/mol. The van der Waals surface area contributed by atoms with Gasteiger partial charge in [-0.25, -0.2) is 13.1 Å². The van der Waals surface area contributed by atoms with E-state index in [-0.39, 0.29) is 5.75 Å². The number of H-pyrrole nitrogens is 1. The normalized spacial score (nSPS) is 16.2. The van der Waals surface area contributed by atoms with Crippen LogP contribution in [0.5, 0.6) is 0 Å². The zero-order valence-electron chi connectivity index (χ0n) is 9.65. The third kappa shape index (κ3) is 4.84. The number of hydrogen-bond donors (Lipinski definition) is 3. The number of aromatic nitrogens is 2. The average molecular weight is 258 g/mol. The largest absolute Gasteiger partial charge is 0.314 e. The Bertz CT molecular complexity index is 425. The molecule has 0 saturated heterocycles. The quantitative estimate of drug-likeness (QED) is 0.572. The van der Waals surface area contributed by atoms with Gasteiger partial charge in [-0.05, 0) is 25.8 Å². The van der Waals surface area contributed by atoms with Gasteiger partial charge in [-0.2, -0.15) is 5.10 Å². The van der Waals surface area contributed by atoms with E-state index >= 15 is 0 Å². The molecule has 7 heteroatoms. The fourth-order valence-electron chi connectivity index (χ4n) is 1.50. The zero-order chi connectivity index (χ0) is 12.1. The summed E-state index contributed by atoms with van der Waals surface area (Å²) in [7, 11) is -3.17. The molecule has 3 N–H and O–H groups in total. The van der Waals surface area contributed by atoms with Crippen molar-refractivity contribution in [3.05, 3.63) is 18.0 Å². The summed E-state index contributed by atoms with van der Waals surface area (Å²) in [6.07, 6.45) is 6.39. The van der Waals surface area contributed by atoms with E-state index < -0.39 is 10.0 Å². The molecule has 0 aromatic carbocycles. The number of nitrogens with one attached hydrogen (secondary N) is 3. The van der Waals surface area contributed by atoms with Crippen molar-refractivity contribution < 1.29 is 8.42 Å². The Labute approximate surface area is 101 Å². The Morgan fingerprint density at radius 2 is 2.29 bits per heavy atom. The Morgan fingerprint density at radius 1 is 1.47 bits per heavy atom. The molecular formula is C10H18N4O2S. The predicted octanol–water partition coefficient (Wildman–Crippen LogP) is -0.0288. The first kappa shape index (κ1) is 12.5. The molecule has 96 valence electrons.